The summed E-state index contributed by atoms with van der Waals surface area (Å²) in [7, 11) is 0. The maximum atomic E-state index is 10.7. The normalized spacial score (nSPS) is 46.7. The summed E-state index contributed by atoms with van der Waals surface area (Å²) in [4.78, 5) is 0. The Hall–Kier alpha value is -1.06. The lowest BCUT2D eigenvalue weighted by atomic mass is 9.54. The summed E-state index contributed by atoms with van der Waals surface area (Å²) in [5.41, 5.74) is 2.68. The molecule has 0 unspecified atom stereocenters. The number of hydrogen-bond donors (Lipinski definition) is 3. The molecule has 3 aliphatic rings. The van der Waals surface area contributed by atoms with Gasteiger partial charge in [0.25, 0.3) is 0 Å². The third-order valence-electron chi connectivity index (χ3n) is 7.28. The van der Waals surface area contributed by atoms with Gasteiger partial charge in [-0.15, -0.1) is 0 Å². The van der Waals surface area contributed by atoms with E-state index < -0.39 is 12.2 Å². The van der Waals surface area contributed by atoms with Crippen LogP contribution in [0.25, 0.3) is 0 Å². The van der Waals surface area contributed by atoms with Gasteiger partial charge in [-0.05, 0) is 78.0 Å². The Kier molecular flexibility index (Phi) is 3.11. The standard InChI is InChI=1S/C19H26O3/c1-10-17(21)18(22)16-15-5-3-11-9-12(20)4-6-13(11)14(15)7-8-19(10,16)2/h4,6,9-10,14-18,20-22H,3,5,7-8H2,1-2H3/t10-,14+,15+,16+,17-,18+,19+/m0/s1. The first-order chi connectivity index (χ1) is 10.4. The van der Waals surface area contributed by atoms with E-state index in [0.717, 1.165) is 25.7 Å². The first kappa shape index (κ1) is 14.5. The van der Waals surface area contributed by atoms with E-state index >= 15 is 0 Å². The molecule has 2 fully saturated rings. The Morgan fingerprint density at radius 2 is 1.91 bits per heavy atom. The number of fused-ring (bicyclic) bond motifs is 5. The monoisotopic (exact) mass is 302 g/mol. The summed E-state index contributed by atoms with van der Waals surface area (Å²) in [6.45, 7) is 4.37. The molecule has 4 rings (SSSR count). The van der Waals surface area contributed by atoms with Gasteiger partial charge in [0.05, 0.1) is 12.2 Å². The van der Waals surface area contributed by atoms with Gasteiger partial charge < -0.3 is 15.3 Å². The van der Waals surface area contributed by atoms with Crippen LogP contribution in [0.1, 0.15) is 50.2 Å². The van der Waals surface area contributed by atoms with E-state index in [0.29, 0.717) is 17.6 Å². The molecule has 3 N–H and O–H groups in total. The third kappa shape index (κ3) is 1.75. The first-order valence-electron chi connectivity index (χ1n) is 8.61. The number of phenols is 1. The van der Waals surface area contributed by atoms with Crippen molar-refractivity contribution in [3.8, 4) is 5.75 Å². The van der Waals surface area contributed by atoms with Crippen LogP contribution < -0.4 is 0 Å². The smallest absolute Gasteiger partial charge is 0.115 e. The Morgan fingerprint density at radius 3 is 2.68 bits per heavy atom. The SMILES string of the molecule is C[C@H]1[C@H](O)[C@H](O)[C@H]2[C@@H]3CCc4cc(O)ccc4[C@H]3CC[C@@]21C. The topological polar surface area (TPSA) is 60.7 Å². The highest BCUT2D eigenvalue weighted by atomic mass is 16.3. The molecule has 2 saturated carbocycles. The molecule has 1 aromatic carbocycles. The highest BCUT2D eigenvalue weighted by Gasteiger charge is 2.60. The van der Waals surface area contributed by atoms with Crippen LogP contribution in [0.4, 0.5) is 0 Å². The maximum absolute atomic E-state index is 10.7. The zero-order valence-corrected chi connectivity index (χ0v) is 13.4. The van der Waals surface area contributed by atoms with Crippen molar-refractivity contribution in [1.82, 2.24) is 0 Å². The summed E-state index contributed by atoms with van der Waals surface area (Å²) in [6.07, 6.45) is 3.03. The predicted octanol–water partition coefficient (Wildman–Crippen LogP) is 2.83. The molecule has 1 aromatic rings. The molecule has 3 heteroatoms. The van der Waals surface area contributed by atoms with Crippen LogP contribution in [0, 0.1) is 23.2 Å². The maximum Gasteiger partial charge on any atom is 0.115 e. The van der Waals surface area contributed by atoms with Crippen molar-refractivity contribution in [2.24, 2.45) is 23.2 Å². The molecule has 0 aromatic heterocycles. The van der Waals surface area contributed by atoms with Crippen LogP contribution in [-0.2, 0) is 6.42 Å². The second kappa shape index (κ2) is 4.72. The van der Waals surface area contributed by atoms with Crippen molar-refractivity contribution < 1.29 is 15.3 Å². The van der Waals surface area contributed by atoms with Crippen LogP contribution in [-0.4, -0.2) is 27.5 Å². The van der Waals surface area contributed by atoms with Gasteiger partial charge in [0, 0.05) is 0 Å². The fourth-order valence-corrected chi connectivity index (χ4v) is 5.92. The van der Waals surface area contributed by atoms with Crippen molar-refractivity contribution in [3.63, 3.8) is 0 Å². The molecule has 0 saturated heterocycles. The van der Waals surface area contributed by atoms with Gasteiger partial charge >= 0.3 is 0 Å². The van der Waals surface area contributed by atoms with E-state index in [1.807, 2.05) is 6.07 Å². The van der Waals surface area contributed by atoms with Gasteiger partial charge in [-0.25, -0.2) is 0 Å². The number of aryl methyl sites for hydroxylation is 1. The molecule has 0 heterocycles. The molecule has 22 heavy (non-hydrogen) atoms. The fraction of sp³-hybridized carbons (Fsp3) is 0.684. The van der Waals surface area contributed by atoms with Gasteiger partial charge in [0.1, 0.15) is 5.75 Å². The third-order valence-corrected chi connectivity index (χ3v) is 7.28. The minimum Gasteiger partial charge on any atom is -0.508 e. The number of aliphatic hydroxyl groups is 2. The molecule has 0 radical (unpaired) electrons. The summed E-state index contributed by atoms with van der Waals surface area (Å²) in [5, 5.41) is 30.8. The second-order valence-corrected chi connectivity index (χ2v) is 8.03. The van der Waals surface area contributed by atoms with Crippen molar-refractivity contribution in [2.75, 3.05) is 0 Å². The van der Waals surface area contributed by atoms with Crippen molar-refractivity contribution in [3.05, 3.63) is 29.3 Å². The quantitative estimate of drug-likeness (QED) is 0.690. The molecule has 0 amide bonds. The van der Waals surface area contributed by atoms with Gasteiger partial charge in [0.2, 0.25) is 0 Å². The number of benzene rings is 1. The first-order valence-corrected chi connectivity index (χ1v) is 8.61. The Bertz CT molecular complexity index is 598. The number of rotatable bonds is 0. The minimum absolute atomic E-state index is 0.0500. The Balaban J connectivity index is 1.74. The van der Waals surface area contributed by atoms with Gasteiger partial charge in [0.15, 0.2) is 0 Å². The molecular weight excluding hydrogens is 276 g/mol. The van der Waals surface area contributed by atoms with Crippen LogP contribution in [0.2, 0.25) is 0 Å². The number of phenolic OH excluding ortho intramolecular Hbond substituents is 1. The molecule has 7 atom stereocenters. The van der Waals surface area contributed by atoms with Gasteiger partial charge in [-0.1, -0.05) is 19.9 Å². The predicted molar refractivity (Wildman–Crippen MR) is 84.7 cm³/mol. The van der Waals surface area contributed by atoms with Crippen molar-refractivity contribution in [2.45, 2.75) is 57.7 Å². The number of aromatic hydroxyl groups is 1. The molecule has 0 spiro atoms. The van der Waals surface area contributed by atoms with Crippen LogP contribution in [0.5, 0.6) is 5.75 Å². The molecule has 0 bridgehead atoms. The lowest BCUT2D eigenvalue weighted by Gasteiger charge is -2.50. The zero-order valence-electron chi connectivity index (χ0n) is 13.4. The lowest BCUT2D eigenvalue weighted by Crippen LogP contribution is -2.45. The summed E-state index contributed by atoms with van der Waals surface area (Å²) in [6, 6.07) is 5.77. The van der Waals surface area contributed by atoms with Crippen molar-refractivity contribution in [1.29, 1.82) is 0 Å². The summed E-state index contributed by atoms with van der Waals surface area (Å²) in [5.74, 6) is 1.62. The molecule has 0 aliphatic heterocycles. The van der Waals surface area contributed by atoms with E-state index in [2.05, 4.69) is 19.9 Å². The minimum atomic E-state index is -0.591. The Morgan fingerprint density at radius 1 is 1.14 bits per heavy atom. The van der Waals surface area contributed by atoms with E-state index in [1.54, 1.807) is 6.07 Å². The highest BCUT2D eigenvalue weighted by molar-refractivity contribution is 5.40. The summed E-state index contributed by atoms with van der Waals surface area (Å²) < 4.78 is 0. The largest absolute Gasteiger partial charge is 0.508 e. The molecular formula is C19H26O3. The molecule has 3 nitrogen and oxygen atoms in total. The molecule has 120 valence electrons. The van der Waals surface area contributed by atoms with Crippen LogP contribution in [0.3, 0.4) is 0 Å². The Labute approximate surface area is 132 Å². The van der Waals surface area contributed by atoms with E-state index in [-0.39, 0.29) is 17.3 Å². The fourth-order valence-electron chi connectivity index (χ4n) is 5.92. The zero-order chi connectivity index (χ0) is 15.6. The van der Waals surface area contributed by atoms with Crippen molar-refractivity contribution >= 4 is 0 Å². The molecule has 3 aliphatic carbocycles. The van der Waals surface area contributed by atoms with Crippen LogP contribution in [0.15, 0.2) is 18.2 Å². The van der Waals surface area contributed by atoms with E-state index in [4.69, 9.17) is 0 Å². The second-order valence-electron chi connectivity index (χ2n) is 8.03. The highest BCUT2D eigenvalue weighted by Crippen LogP contribution is 2.62. The lowest BCUT2D eigenvalue weighted by molar-refractivity contribution is -0.0319. The summed E-state index contributed by atoms with van der Waals surface area (Å²) >= 11 is 0. The van der Waals surface area contributed by atoms with Gasteiger partial charge in [-0.3, -0.25) is 0 Å². The average Bonchev–Trinajstić information content (AvgIpc) is 2.68. The van der Waals surface area contributed by atoms with Crippen LogP contribution >= 0.6 is 0 Å². The van der Waals surface area contributed by atoms with Gasteiger partial charge in [-0.2, -0.15) is 0 Å². The van der Waals surface area contributed by atoms with E-state index in [9.17, 15) is 15.3 Å². The van der Waals surface area contributed by atoms with E-state index in [1.165, 1.54) is 11.1 Å². The number of aliphatic hydroxyl groups excluding tert-OH is 2. The number of hydrogen-bond acceptors (Lipinski definition) is 3. The average molecular weight is 302 g/mol.